The molecule has 1 unspecified atom stereocenters. The van der Waals surface area contributed by atoms with Crippen molar-refractivity contribution in [3.05, 3.63) is 29.1 Å². The van der Waals surface area contributed by atoms with Crippen molar-refractivity contribution < 1.29 is 14.7 Å². The summed E-state index contributed by atoms with van der Waals surface area (Å²) in [6.07, 6.45) is 0.790. The minimum Gasteiger partial charge on any atom is -0.478 e. The summed E-state index contributed by atoms with van der Waals surface area (Å²) >= 11 is 0. The third-order valence-electron chi connectivity index (χ3n) is 3.05. The van der Waals surface area contributed by atoms with Crippen LogP contribution >= 0.6 is 0 Å². The fourth-order valence-electron chi connectivity index (χ4n) is 2.04. The lowest BCUT2D eigenvalue weighted by atomic mass is 10.2. The highest BCUT2D eigenvalue weighted by atomic mass is 16.4. The molecule has 0 saturated carbocycles. The molecule has 1 aromatic heterocycles. The van der Waals surface area contributed by atoms with Gasteiger partial charge in [0.2, 0.25) is 0 Å². The van der Waals surface area contributed by atoms with Crippen LogP contribution in [-0.2, 0) is 0 Å². The molecule has 1 fully saturated rings. The second kappa shape index (κ2) is 4.73. The van der Waals surface area contributed by atoms with Gasteiger partial charge in [-0.25, -0.2) is 9.78 Å². The standard InChI is InChI=1S/C12H15N3O3/c1-7-9(12(17)18)2-3-10(14-7)11(16)15-5-4-8(13)6-15/h2-3,8H,4-6,13H2,1H3,(H,17,18). The summed E-state index contributed by atoms with van der Waals surface area (Å²) in [6.45, 7) is 2.73. The molecule has 0 aromatic carbocycles. The molecule has 96 valence electrons. The van der Waals surface area contributed by atoms with Crippen molar-refractivity contribution in [2.45, 2.75) is 19.4 Å². The molecule has 2 heterocycles. The van der Waals surface area contributed by atoms with Crippen molar-refractivity contribution in [2.24, 2.45) is 5.73 Å². The predicted molar refractivity (Wildman–Crippen MR) is 64.4 cm³/mol. The Morgan fingerprint density at radius 2 is 2.22 bits per heavy atom. The van der Waals surface area contributed by atoms with E-state index in [4.69, 9.17) is 10.8 Å². The van der Waals surface area contributed by atoms with Crippen LogP contribution in [0.5, 0.6) is 0 Å². The zero-order valence-corrected chi connectivity index (χ0v) is 10.1. The number of amides is 1. The summed E-state index contributed by atoms with van der Waals surface area (Å²) in [5.41, 5.74) is 6.47. The molecule has 1 saturated heterocycles. The SMILES string of the molecule is Cc1nc(C(=O)N2CCC(N)C2)ccc1C(=O)O. The van der Waals surface area contributed by atoms with Crippen LogP contribution in [0.1, 0.15) is 33.0 Å². The Morgan fingerprint density at radius 3 is 2.72 bits per heavy atom. The Labute approximate surface area is 104 Å². The van der Waals surface area contributed by atoms with Crippen LogP contribution in [0.3, 0.4) is 0 Å². The van der Waals surface area contributed by atoms with Gasteiger partial charge in [-0.05, 0) is 25.5 Å². The highest BCUT2D eigenvalue weighted by Gasteiger charge is 2.25. The number of aromatic carboxylic acids is 1. The van der Waals surface area contributed by atoms with E-state index in [2.05, 4.69) is 4.98 Å². The number of hydrogen-bond acceptors (Lipinski definition) is 4. The van der Waals surface area contributed by atoms with E-state index in [9.17, 15) is 9.59 Å². The van der Waals surface area contributed by atoms with Crippen LogP contribution in [0, 0.1) is 6.92 Å². The molecule has 18 heavy (non-hydrogen) atoms. The number of likely N-dealkylation sites (tertiary alicyclic amines) is 1. The number of carbonyl (C=O) groups excluding carboxylic acids is 1. The molecule has 0 aliphatic carbocycles. The zero-order chi connectivity index (χ0) is 13.3. The van der Waals surface area contributed by atoms with Gasteiger partial charge in [-0.3, -0.25) is 4.79 Å². The highest BCUT2D eigenvalue weighted by molar-refractivity contribution is 5.94. The van der Waals surface area contributed by atoms with Crippen LogP contribution in [0.4, 0.5) is 0 Å². The third kappa shape index (κ3) is 2.33. The number of aromatic nitrogens is 1. The molecule has 1 aliphatic heterocycles. The van der Waals surface area contributed by atoms with Crippen LogP contribution in [0.2, 0.25) is 0 Å². The van der Waals surface area contributed by atoms with E-state index in [1.165, 1.54) is 12.1 Å². The van der Waals surface area contributed by atoms with Crippen LogP contribution in [-0.4, -0.2) is 46.0 Å². The topological polar surface area (TPSA) is 96.5 Å². The zero-order valence-electron chi connectivity index (χ0n) is 10.1. The van der Waals surface area contributed by atoms with Gasteiger partial charge in [-0.2, -0.15) is 0 Å². The van der Waals surface area contributed by atoms with Gasteiger partial charge in [0.25, 0.3) is 5.91 Å². The van der Waals surface area contributed by atoms with Gasteiger partial charge in [0.15, 0.2) is 0 Å². The summed E-state index contributed by atoms with van der Waals surface area (Å²) in [7, 11) is 0. The molecule has 1 amide bonds. The Morgan fingerprint density at radius 1 is 1.50 bits per heavy atom. The number of pyridine rings is 1. The summed E-state index contributed by atoms with van der Waals surface area (Å²) in [5.74, 6) is -1.23. The number of hydrogen-bond donors (Lipinski definition) is 2. The second-order valence-corrected chi connectivity index (χ2v) is 4.43. The number of aryl methyl sites for hydroxylation is 1. The van der Waals surface area contributed by atoms with Crippen molar-refractivity contribution in [2.75, 3.05) is 13.1 Å². The molecule has 1 aromatic rings. The Balaban J connectivity index is 2.21. The molecule has 1 atom stereocenters. The number of nitrogens with two attached hydrogens (primary N) is 1. The number of nitrogens with zero attached hydrogens (tertiary/aromatic N) is 2. The average Bonchev–Trinajstić information content (AvgIpc) is 2.74. The smallest absolute Gasteiger partial charge is 0.337 e. The molecule has 0 radical (unpaired) electrons. The van der Waals surface area contributed by atoms with Crippen LogP contribution in [0.15, 0.2) is 12.1 Å². The van der Waals surface area contributed by atoms with E-state index in [0.29, 0.717) is 18.8 Å². The first kappa shape index (κ1) is 12.5. The lowest BCUT2D eigenvalue weighted by molar-refractivity contribution is 0.0693. The fourth-order valence-corrected chi connectivity index (χ4v) is 2.04. The minimum absolute atomic E-state index is 0.0216. The first-order valence-electron chi connectivity index (χ1n) is 5.75. The highest BCUT2D eigenvalue weighted by Crippen LogP contribution is 2.13. The van der Waals surface area contributed by atoms with E-state index in [0.717, 1.165) is 6.42 Å². The summed E-state index contributed by atoms with van der Waals surface area (Å²) in [5, 5.41) is 8.89. The van der Waals surface area contributed by atoms with E-state index >= 15 is 0 Å². The van der Waals surface area contributed by atoms with Gasteiger partial charge in [0, 0.05) is 19.1 Å². The van der Waals surface area contributed by atoms with Gasteiger partial charge < -0.3 is 15.7 Å². The van der Waals surface area contributed by atoms with E-state index < -0.39 is 5.97 Å². The second-order valence-electron chi connectivity index (χ2n) is 4.43. The maximum atomic E-state index is 12.1. The molecule has 1 aliphatic rings. The first-order chi connectivity index (χ1) is 8.49. The monoisotopic (exact) mass is 249 g/mol. The first-order valence-corrected chi connectivity index (χ1v) is 5.75. The predicted octanol–water partition coefficient (Wildman–Crippen LogP) is 0.261. The van der Waals surface area contributed by atoms with E-state index in [1.54, 1.807) is 11.8 Å². The van der Waals surface area contributed by atoms with E-state index in [1.807, 2.05) is 0 Å². The number of carboxylic acids is 1. The van der Waals surface area contributed by atoms with Crippen molar-refractivity contribution in [1.82, 2.24) is 9.88 Å². The van der Waals surface area contributed by atoms with Gasteiger partial charge in [0.1, 0.15) is 5.69 Å². The maximum absolute atomic E-state index is 12.1. The van der Waals surface area contributed by atoms with Crippen molar-refractivity contribution in [1.29, 1.82) is 0 Å². The summed E-state index contributed by atoms with van der Waals surface area (Å²) in [6, 6.07) is 2.88. The van der Waals surface area contributed by atoms with Crippen molar-refractivity contribution in [3.63, 3.8) is 0 Å². The van der Waals surface area contributed by atoms with Crippen molar-refractivity contribution in [3.8, 4) is 0 Å². The Kier molecular flexibility index (Phi) is 3.29. The number of carbonyl (C=O) groups is 2. The lowest BCUT2D eigenvalue weighted by Gasteiger charge is -2.15. The molecule has 6 heteroatoms. The average molecular weight is 249 g/mol. The van der Waals surface area contributed by atoms with Crippen LogP contribution in [0.25, 0.3) is 0 Å². The fraction of sp³-hybridized carbons (Fsp3) is 0.417. The van der Waals surface area contributed by atoms with E-state index in [-0.39, 0.29) is 23.2 Å². The largest absolute Gasteiger partial charge is 0.478 e. The molecule has 3 N–H and O–H groups in total. The summed E-state index contributed by atoms with van der Waals surface area (Å²) < 4.78 is 0. The Hall–Kier alpha value is -1.95. The molecule has 6 nitrogen and oxygen atoms in total. The summed E-state index contributed by atoms with van der Waals surface area (Å²) in [4.78, 5) is 28.6. The number of rotatable bonds is 2. The van der Waals surface area contributed by atoms with Crippen LogP contribution < -0.4 is 5.73 Å². The normalized spacial score (nSPS) is 19.0. The van der Waals surface area contributed by atoms with Gasteiger partial charge in [-0.15, -0.1) is 0 Å². The molecule has 0 bridgehead atoms. The molecule has 0 spiro atoms. The third-order valence-corrected chi connectivity index (χ3v) is 3.05. The van der Waals surface area contributed by atoms with Gasteiger partial charge in [-0.1, -0.05) is 0 Å². The Bertz CT molecular complexity index is 501. The number of carboxylic acid groups (broad SMARTS) is 1. The van der Waals surface area contributed by atoms with Crippen molar-refractivity contribution >= 4 is 11.9 Å². The van der Waals surface area contributed by atoms with Gasteiger partial charge in [0.05, 0.1) is 11.3 Å². The molecular formula is C12H15N3O3. The lowest BCUT2D eigenvalue weighted by Crippen LogP contribution is -2.32. The molecular weight excluding hydrogens is 234 g/mol. The maximum Gasteiger partial charge on any atom is 0.337 e. The molecule has 2 rings (SSSR count). The quantitative estimate of drug-likeness (QED) is 0.783. The van der Waals surface area contributed by atoms with Gasteiger partial charge >= 0.3 is 5.97 Å². The minimum atomic E-state index is -1.04.